The van der Waals surface area contributed by atoms with Crippen LogP contribution < -0.4 is 0 Å². The van der Waals surface area contributed by atoms with E-state index < -0.39 is 0 Å². The van der Waals surface area contributed by atoms with Crippen LogP contribution in [0.15, 0.2) is 0 Å². The average Bonchev–Trinajstić information content (AvgIpc) is 2.12. The first kappa shape index (κ1) is 14.0. The summed E-state index contributed by atoms with van der Waals surface area (Å²) < 4.78 is 0. The second-order valence-electron chi connectivity index (χ2n) is 4.45. The molecule has 0 aromatic carbocycles. The Bertz CT molecular complexity index is 117. The van der Waals surface area contributed by atoms with Gasteiger partial charge >= 0.3 is 0 Å². The fourth-order valence-electron chi connectivity index (χ4n) is 1.55. The smallest absolute Gasteiger partial charge is 0.00959 e. The van der Waals surface area contributed by atoms with Gasteiger partial charge < -0.3 is 0 Å². The first-order valence-corrected chi connectivity index (χ1v) is 7.46. The van der Waals surface area contributed by atoms with E-state index in [1.165, 1.54) is 25.7 Å². The third-order valence-corrected chi connectivity index (χ3v) is 4.98. The van der Waals surface area contributed by atoms with Crippen molar-refractivity contribution in [3.8, 4) is 0 Å². The van der Waals surface area contributed by atoms with Crippen molar-refractivity contribution in [2.24, 2.45) is 11.3 Å². The van der Waals surface area contributed by atoms with Crippen molar-refractivity contribution in [3.63, 3.8) is 0 Å². The largest absolute Gasteiger partial charge is 0.0922 e. The van der Waals surface area contributed by atoms with Crippen LogP contribution in [0.25, 0.3) is 0 Å². The zero-order chi connectivity index (χ0) is 10.3. The molecule has 0 spiro atoms. The Morgan fingerprint density at radius 3 is 1.92 bits per heavy atom. The second kappa shape index (κ2) is 7.28. The zero-order valence-electron chi connectivity index (χ0n) is 9.08. The summed E-state index contributed by atoms with van der Waals surface area (Å²) in [6.45, 7) is 6.88. The minimum absolute atomic E-state index is 0.499. The van der Waals surface area contributed by atoms with E-state index in [1.807, 2.05) is 0 Å². The average molecular weight is 314 g/mol. The lowest BCUT2D eigenvalue weighted by Crippen LogP contribution is -2.25. The molecule has 0 amide bonds. The number of hydrogen-bond acceptors (Lipinski definition) is 0. The van der Waals surface area contributed by atoms with Crippen molar-refractivity contribution in [1.82, 2.24) is 0 Å². The molecule has 0 aromatic heterocycles. The van der Waals surface area contributed by atoms with Crippen LogP contribution in [-0.4, -0.2) is 10.7 Å². The normalized spacial score (nSPS) is 12.5. The fraction of sp³-hybridized carbons (Fsp3) is 1.00. The van der Waals surface area contributed by atoms with Gasteiger partial charge in [-0.2, -0.15) is 0 Å². The van der Waals surface area contributed by atoms with E-state index in [-0.39, 0.29) is 0 Å². The molecule has 0 bridgehead atoms. The summed E-state index contributed by atoms with van der Waals surface area (Å²) in [4.78, 5) is 0. The SMILES string of the molecule is CCCC(CBr)(CBr)CCC(C)C. The van der Waals surface area contributed by atoms with Crippen LogP contribution in [-0.2, 0) is 0 Å². The molecule has 2 heteroatoms. The molecule has 0 atom stereocenters. The Hall–Kier alpha value is 0.960. The van der Waals surface area contributed by atoms with Gasteiger partial charge in [0.2, 0.25) is 0 Å². The Kier molecular flexibility index (Phi) is 7.82. The molecule has 0 N–H and O–H groups in total. The molecule has 13 heavy (non-hydrogen) atoms. The molecule has 0 aliphatic carbocycles. The molecular weight excluding hydrogens is 292 g/mol. The van der Waals surface area contributed by atoms with E-state index in [2.05, 4.69) is 52.6 Å². The maximum atomic E-state index is 3.65. The van der Waals surface area contributed by atoms with Gasteiger partial charge in [0.05, 0.1) is 0 Å². The quantitative estimate of drug-likeness (QED) is 0.580. The van der Waals surface area contributed by atoms with Crippen molar-refractivity contribution in [3.05, 3.63) is 0 Å². The molecule has 0 rings (SSSR count). The fourth-order valence-corrected chi connectivity index (χ4v) is 3.60. The first-order valence-electron chi connectivity index (χ1n) is 5.22. The van der Waals surface area contributed by atoms with Crippen molar-refractivity contribution in [2.75, 3.05) is 10.7 Å². The molecule has 0 heterocycles. The van der Waals surface area contributed by atoms with E-state index in [1.54, 1.807) is 0 Å². The molecular formula is C11H22Br2. The molecule has 0 unspecified atom stereocenters. The van der Waals surface area contributed by atoms with Gasteiger partial charge in [0.15, 0.2) is 0 Å². The van der Waals surface area contributed by atoms with Gasteiger partial charge in [0.1, 0.15) is 0 Å². The van der Waals surface area contributed by atoms with E-state index in [4.69, 9.17) is 0 Å². The number of hydrogen-bond donors (Lipinski definition) is 0. The highest BCUT2D eigenvalue weighted by Gasteiger charge is 2.26. The highest BCUT2D eigenvalue weighted by atomic mass is 79.9. The van der Waals surface area contributed by atoms with Crippen LogP contribution in [0.4, 0.5) is 0 Å². The van der Waals surface area contributed by atoms with E-state index in [0.717, 1.165) is 16.6 Å². The summed E-state index contributed by atoms with van der Waals surface area (Å²) in [5, 5.41) is 2.26. The Morgan fingerprint density at radius 1 is 1.08 bits per heavy atom. The van der Waals surface area contributed by atoms with Crippen LogP contribution in [0.1, 0.15) is 46.5 Å². The summed E-state index contributed by atoms with van der Waals surface area (Å²) in [7, 11) is 0. The molecule has 0 saturated heterocycles. The molecule has 0 fully saturated rings. The van der Waals surface area contributed by atoms with Crippen molar-refractivity contribution >= 4 is 31.9 Å². The molecule has 0 aromatic rings. The van der Waals surface area contributed by atoms with Gasteiger partial charge in [0, 0.05) is 10.7 Å². The van der Waals surface area contributed by atoms with Crippen molar-refractivity contribution < 1.29 is 0 Å². The summed E-state index contributed by atoms with van der Waals surface area (Å²) in [6.07, 6.45) is 5.30. The third kappa shape index (κ3) is 5.41. The highest BCUT2D eigenvalue weighted by Crippen LogP contribution is 2.35. The van der Waals surface area contributed by atoms with Crippen molar-refractivity contribution in [2.45, 2.75) is 46.5 Å². The minimum Gasteiger partial charge on any atom is -0.0922 e. The van der Waals surface area contributed by atoms with Crippen LogP contribution in [0.5, 0.6) is 0 Å². The lowest BCUT2D eigenvalue weighted by molar-refractivity contribution is 0.297. The zero-order valence-corrected chi connectivity index (χ0v) is 12.2. The van der Waals surface area contributed by atoms with Crippen LogP contribution in [0, 0.1) is 11.3 Å². The maximum absolute atomic E-state index is 3.65. The summed E-state index contributed by atoms with van der Waals surface area (Å²) >= 11 is 7.31. The number of rotatable bonds is 7. The van der Waals surface area contributed by atoms with E-state index in [9.17, 15) is 0 Å². The van der Waals surface area contributed by atoms with Crippen LogP contribution in [0.3, 0.4) is 0 Å². The van der Waals surface area contributed by atoms with Crippen molar-refractivity contribution in [1.29, 1.82) is 0 Å². The highest BCUT2D eigenvalue weighted by molar-refractivity contribution is 9.09. The molecule has 0 saturated carbocycles. The number of alkyl halides is 2. The van der Waals surface area contributed by atoms with Gasteiger partial charge in [-0.05, 0) is 24.2 Å². The lowest BCUT2D eigenvalue weighted by Gasteiger charge is -2.30. The molecule has 0 aliphatic rings. The van der Waals surface area contributed by atoms with Gasteiger partial charge in [0.25, 0.3) is 0 Å². The van der Waals surface area contributed by atoms with E-state index in [0.29, 0.717) is 5.41 Å². The summed E-state index contributed by atoms with van der Waals surface area (Å²) in [5.41, 5.74) is 0.499. The standard InChI is InChI=1S/C11H22Br2/c1-4-6-11(8-12,9-13)7-5-10(2)3/h10H,4-9H2,1-3H3. The maximum Gasteiger partial charge on any atom is 0.00959 e. The van der Waals surface area contributed by atoms with Crippen LogP contribution in [0.2, 0.25) is 0 Å². The predicted molar refractivity (Wildman–Crippen MR) is 69.0 cm³/mol. The topological polar surface area (TPSA) is 0 Å². The number of halogens is 2. The molecule has 0 nitrogen and oxygen atoms in total. The lowest BCUT2D eigenvalue weighted by atomic mass is 9.81. The second-order valence-corrected chi connectivity index (χ2v) is 5.57. The first-order chi connectivity index (χ1) is 6.10. The van der Waals surface area contributed by atoms with Crippen LogP contribution >= 0.6 is 31.9 Å². The van der Waals surface area contributed by atoms with Gasteiger partial charge in [-0.1, -0.05) is 65.5 Å². The molecule has 80 valence electrons. The predicted octanol–water partition coefficient (Wildman–Crippen LogP) is 5.00. The Balaban J connectivity index is 4.04. The van der Waals surface area contributed by atoms with Gasteiger partial charge in [-0.25, -0.2) is 0 Å². The third-order valence-electron chi connectivity index (χ3n) is 2.60. The molecule has 0 radical (unpaired) electrons. The van der Waals surface area contributed by atoms with E-state index >= 15 is 0 Å². The van der Waals surface area contributed by atoms with Gasteiger partial charge in [-0.3, -0.25) is 0 Å². The Labute approximate surface area is 100 Å². The Morgan fingerprint density at radius 2 is 1.62 bits per heavy atom. The van der Waals surface area contributed by atoms with Gasteiger partial charge in [-0.15, -0.1) is 0 Å². The monoisotopic (exact) mass is 312 g/mol. The molecule has 0 aliphatic heterocycles. The summed E-state index contributed by atoms with van der Waals surface area (Å²) in [6, 6.07) is 0. The minimum atomic E-state index is 0.499. The summed E-state index contributed by atoms with van der Waals surface area (Å²) in [5.74, 6) is 0.828.